The molecule has 3 aromatic rings. The normalized spacial score (nSPS) is 11.3. The van der Waals surface area contributed by atoms with Crippen molar-refractivity contribution in [2.24, 2.45) is 0 Å². The summed E-state index contributed by atoms with van der Waals surface area (Å²) in [5.41, 5.74) is 3.06. The number of aliphatic carboxylic acids is 1. The number of halogens is 1. The van der Waals surface area contributed by atoms with Gasteiger partial charge < -0.3 is 10.1 Å². The molecule has 3 nitrogen and oxygen atoms in total. The van der Waals surface area contributed by atoms with E-state index >= 15 is 0 Å². The van der Waals surface area contributed by atoms with Gasteiger partial charge in [0, 0.05) is 22.5 Å². The molecule has 2 N–H and O–H groups in total. The molecule has 4 heteroatoms. The lowest BCUT2D eigenvalue weighted by atomic mass is 10.0. The first-order valence-corrected chi connectivity index (χ1v) is 6.43. The summed E-state index contributed by atoms with van der Waals surface area (Å²) in [6.07, 6.45) is 2.61. The Morgan fingerprint density at radius 3 is 2.62 bits per heavy atom. The number of carboxylic acids is 1. The third-order valence-corrected chi connectivity index (χ3v) is 3.26. The quantitative estimate of drug-likeness (QED) is 0.711. The number of aromatic nitrogens is 1. The van der Waals surface area contributed by atoms with Gasteiger partial charge in [0.25, 0.3) is 0 Å². The van der Waals surface area contributed by atoms with Crippen LogP contribution in [-0.2, 0) is 4.79 Å². The van der Waals surface area contributed by atoms with Gasteiger partial charge in [0.1, 0.15) is 5.82 Å². The monoisotopic (exact) mass is 281 g/mol. The third kappa shape index (κ3) is 2.56. The topological polar surface area (TPSA) is 53.1 Å². The van der Waals surface area contributed by atoms with Crippen molar-refractivity contribution < 1.29 is 14.3 Å². The fourth-order valence-corrected chi connectivity index (χ4v) is 2.35. The molecule has 2 aromatic carbocycles. The number of benzene rings is 2. The smallest absolute Gasteiger partial charge is 0.328 e. The van der Waals surface area contributed by atoms with Gasteiger partial charge in [-0.3, -0.25) is 0 Å². The van der Waals surface area contributed by atoms with Crippen LogP contribution in [0.3, 0.4) is 0 Å². The number of hydrogen-bond acceptors (Lipinski definition) is 1. The second kappa shape index (κ2) is 5.25. The Hall–Kier alpha value is -2.88. The van der Waals surface area contributed by atoms with E-state index in [-0.39, 0.29) is 5.82 Å². The molecular formula is C17H12FNO2. The highest BCUT2D eigenvalue weighted by molar-refractivity contribution is 5.99. The number of H-pyrrole nitrogens is 1. The number of carboxylic acid groups (broad SMARTS) is 1. The standard InChI is InChI=1S/C17H12FNO2/c18-12-6-7-13-14(8-9-16(20)21)17(19-15(13)10-12)11-4-2-1-3-5-11/h1-10,19H,(H,20,21)/b9-8+. The molecule has 0 saturated heterocycles. The minimum absolute atomic E-state index is 0.336. The fraction of sp³-hybridized carbons (Fsp3) is 0. The number of hydrogen-bond donors (Lipinski definition) is 2. The van der Waals surface area contributed by atoms with Gasteiger partial charge in [-0.05, 0) is 29.8 Å². The van der Waals surface area contributed by atoms with Gasteiger partial charge in [-0.15, -0.1) is 0 Å². The first-order chi connectivity index (χ1) is 10.1. The number of rotatable bonds is 3. The van der Waals surface area contributed by atoms with Crippen LogP contribution in [0.4, 0.5) is 4.39 Å². The van der Waals surface area contributed by atoms with E-state index < -0.39 is 5.97 Å². The Morgan fingerprint density at radius 1 is 1.14 bits per heavy atom. The van der Waals surface area contributed by atoms with E-state index in [0.717, 1.165) is 28.3 Å². The molecule has 1 aromatic heterocycles. The number of carbonyl (C=O) groups is 1. The second-order valence-electron chi connectivity index (χ2n) is 4.64. The largest absolute Gasteiger partial charge is 0.478 e. The van der Waals surface area contributed by atoms with Crippen molar-refractivity contribution in [3.63, 3.8) is 0 Å². The first-order valence-electron chi connectivity index (χ1n) is 6.43. The molecule has 0 bridgehead atoms. The number of nitrogens with one attached hydrogen (secondary N) is 1. The van der Waals surface area contributed by atoms with E-state index in [4.69, 9.17) is 5.11 Å². The van der Waals surface area contributed by atoms with Crippen LogP contribution in [0.5, 0.6) is 0 Å². The van der Waals surface area contributed by atoms with Gasteiger partial charge in [-0.25, -0.2) is 9.18 Å². The van der Waals surface area contributed by atoms with Crippen LogP contribution in [0, 0.1) is 5.82 Å². The zero-order chi connectivity index (χ0) is 14.8. The predicted molar refractivity (Wildman–Crippen MR) is 80.4 cm³/mol. The van der Waals surface area contributed by atoms with E-state index in [2.05, 4.69) is 4.98 Å². The summed E-state index contributed by atoms with van der Waals surface area (Å²) in [6, 6.07) is 13.9. The molecule has 0 atom stereocenters. The molecule has 1 heterocycles. The molecule has 3 rings (SSSR count). The lowest BCUT2D eigenvalue weighted by molar-refractivity contribution is -0.131. The van der Waals surface area contributed by atoms with Gasteiger partial charge in [-0.1, -0.05) is 30.3 Å². The Labute approximate surface area is 120 Å². The van der Waals surface area contributed by atoms with Gasteiger partial charge in [0.2, 0.25) is 0 Å². The number of aromatic amines is 1. The molecule has 0 aliphatic heterocycles. The Kier molecular flexibility index (Phi) is 3.28. The van der Waals surface area contributed by atoms with Crippen molar-refractivity contribution in [3.8, 4) is 11.3 Å². The zero-order valence-corrected chi connectivity index (χ0v) is 11.0. The van der Waals surface area contributed by atoms with Crippen molar-refractivity contribution in [1.82, 2.24) is 4.98 Å². The Balaban J connectivity index is 2.27. The molecule has 0 fully saturated rings. The van der Waals surface area contributed by atoms with Crippen LogP contribution in [0.2, 0.25) is 0 Å². The van der Waals surface area contributed by atoms with Gasteiger partial charge >= 0.3 is 5.97 Å². The maximum atomic E-state index is 13.4. The summed E-state index contributed by atoms with van der Waals surface area (Å²) in [5, 5.41) is 9.62. The summed E-state index contributed by atoms with van der Waals surface area (Å²) >= 11 is 0. The number of fused-ring (bicyclic) bond motifs is 1. The summed E-state index contributed by atoms with van der Waals surface area (Å²) in [4.78, 5) is 13.9. The van der Waals surface area contributed by atoms with Crippen LogP contribution in [-0.4, -0.2) is 16.1 Å². The molecule has 0 amide bonds. The highest BCUT2D eigenvalue weighted by Gasteiger charge is 2.11. The maximum Gasteiger partial charge on any atom is 0.328 e. The fourth-order valence-electron chi connectivity index (χ4n) is 2.35. The average Bonchev–Trinajstić information content (AvgIpc) is 2.83. The van der Waals surface area contributed by atoms with E-state index in [1.165, 1.54) is 18.2 Å². The van der Waals surface area contributed by atoms with E-state index in [9.17, 15) is 9.18 Å². The predicted octanol–water partition coefficient (Wildman–Crippen LogP) is 4.07. The van der Waals surface area contributed by atoms with Gasteiger partial charge in [-0.2, -0.15) is 0 Å². The summed E-state index contributed by atoms with van der Waals surface area (Å²) in [6.45, 7) is 0. The highest BCUT2D eigenvalue weighted by atomic mass is 19.1. The lowest BCUT2D eigenvalue weighted by Crippen LogP contribution is -1.86. The lowest BCUT2D eigenvalue weighted by Gasteiger charge is -2.00. The second-order valence-corrected chi connectivity index (χ2v) is 4.64. The van der Waals surface area contributed by atoms with Crippen molar-refractivity contribution in [2.45, 2.75) is 0 Å². The van der Waals surface area contributed by atoms with Gasteiger partial charge in [0.05, 0.1) is 5.69 Å². The average molecular weight is 281 g/mol. The molecule has 0 unspecified atom stereocenters. The van der Waals surface area contributed by atoms with Crippen molar-refractivity contribution in [2.75, 3.05) is 0 Å². The Bertz CT molecular complexity index is 835. The molecule has 0 aliphatic carbocycles. The minimum Gasteiger partial charge on any atom is -0.478 e. The van der Waals surface area contributed by atoms with Gasteiger partial charge in [0.15, 0.2) is 0 Å². The molecule has 104 valence electrons. The SMILES string of the molecule is O=C(O)/C=C/c1c(-c2ccccc2)[nH]c2cc(F)ccc12. The van der Waals surface area contributed by atoms with Crippen LogP contribution in [0.25, 0.3) is 28.2 Å². The minimum atomic E-state index is -1.02. The van der Waals surface area contributed by atoms with Crippen molar-refractivity contribution in [1.29, 1.82) is 0 Å². The summed E-state index contributed by atoms with van der Waals surface area (Å²) < 4.78 is 13.4. The molecule has 0 radical (unpaired) electrons. The Morgan fingerprint density at radius 2 is 1.90 bits per heavy atom. The van der Waals surface area contributed by atoms with Crippen LogP contribution >= 0.6 is 0 Å². The van der Waals surface area contributed by atoms with Crippen LogP contribution in [0.15, 0.2) is 54.6 Å². The van der Waals surface area contributed by atoms with E-state index in [1.807, 2.05) is 30.3 Å². The summed E-state index contributed by atoms with van der Waals surface area (Å²) in [5.74, 6) is -1.36. The maximum absolute atomic E-state index is 13.4. The third-order valence-electron chi connectivity index (χ3n) is 3.26. The molecule has 0 spiro atoms. The first kappa shape index (κ1) is 13.1. The molecule has 21 heavy (non-hydrogen) atoms. The van der Waals surface area contributed by atoms with Crippen LogP contribution < -0.4 is 0 Å². The van der Waals surface area contributed by atoms with E-state index in [1.54, 1.807) is 6.07 Å². The molecular weight excluding hydrogens is 269 g/mol. The molecule has 0 aliphatic rings. The van der Waals surface area contributed by atoms with Crippen molar-refractivity contribution >= 4 is 22.9 Å². The van der Waals surface area contributed by atoms with Crippen LogP contribution in [0.1, 0.15) is 5.56 Å². The summed E-state index contributed by atoms with van der Waals surface area (Å²) in [7, 11) is 0. The highest BCUT2D eigenvalue weighted by Crippen LogP contribution is 2.31. The van der Waals surface area contributed by atoms with Crippen molar-refractivity contribution in [3.05, 3.63) is 66.0 Å². The molecule has 0 saturated carbocycles. The zero-order valence-electron chi connectivity index (χ0n) is 11.0. The van der Waals surface area contributed by atoms with E-state index in [0.29, 0.717) is 5.52 Å².